The van der Waals surface area contributed by atoms with E-state index in [0.717, 1.165) is 33.2 Å². The van der Waals surface area contributed by atoms with Crippen molar-refractivity contribution in [3.05, 3.63) is 176 Å². The monoisotopic (exact) mass is 703 g/mol. The summed E-state index contributed by atoms with van der Waals surface area (Å²) in [6.45, 7) is 0. The lowest BCUT2D eigenvalue weighted by molar-refractivity contribution is 1.01. The number of thiophene rings is 1. The van der Waals surface area contributed by atoms with Gasteiger partial charge in [-0.05, 0) is 73.8 Å². The first-order valence-corrected chi connectivity index (χ1v) is 19.2. The number of hydrogen-bond acceptors (Lipinski definition) is 3. The van der Waals surface area contributed by atoms with Crippen molar-refractivity contribution in [2.75, 3.05) is 0 Å². The third-order valence-electron chi connectivity index (χ3n) is 11.2. The molecule has 0 aliphatic carbocycles. The quantitative estimate of drug-likeness (QED) is 0.183. The largest absolute Gasteiger partial charge is 0.278 e. The Morgan fingerprint density at radius 1 is 0.352 bits per heavy atom. The van der Waals surface area contributed by atoms with Gasteiger partial charge in [0.2, 0.25) is 5.95 Å². The summed E-state index contributed by atoms with van der Waals surface area (Å²) in [6.07, 6.45) is 0. The highest BCUT2D eigenvalue weighted by molar-refractivity contribution is 7.26. The number of benzene rings is 9. The Labute approximate surface area is 314 Å². The molecule has 0 unspecified atom stereocenters. The molecule has 0 saturated carbocycles. The predicted molar refractivity (Wildman–Crippen MR) is 230 cm³/mol. The molecule has 0 radical (unpaired) electrons. The summed E-state index contributed by atoms with van der Waals surface area (Å²) < 4.78 is 4.91. The fourth-order valence-electron chi connectivity index (χ4n) is 8.89. The van der Waals surface area contributed by atoms with E-state index in [1.807, 2.05) is 11.3 Å². The van der Waals surface area contributed by atoms with Gasteiger partial charge >= 0.3 is 0 Å². The van der Waals surface area contributed by atoms with Gasteiger partial charge in [0.05, 0.1) is 22.2 Å². The van der Waals surface area contributed by atoms with Crippen LogP contribution in [-0.4, -0.2) is 14.5 Å². The molecule has 12 aromatic rings. The van der Waals surface area contributed by atoms with Crippen LogP contribution in [0.5, 0.6) is 0 Å². The van der Waals surface area contributed by atoms with Gasteiger partial charge in [-0.25, -0.2) is 9.97 Å². The summed E-state index contributed by atoms with van der Waals surface area (Å²) >= 11 is 1.87. The SMILES string of the molecule is c1ccc2c(-c3nc(-n4c5ccccc5c5c6cccc(-c7cccc8c7ccc7sc9ccccc9c78)c6ccc54)nc4ccccc34)cccc2c1. The van der Waals surface area contributed by atoms with E-state index in [4.69, 9.17) is 9.97 Å². The van der Waals surface area contributed by atoms with Crippen LogP contribution in [0.2, 0.25) is 0 Å². The molecule has 12 rings (SSSR count). The fraction of sp³-hybridized carbons (Fsp3) is 0. The molecule has 0 aliphatic heterocycles. The minimum atomic E-state index is 0.666. The third kappa shape index (κ3) is 4.17. The topological polar surface area (TPSA) is 30.7 Å². The molecular formula is C50H29N3S. The molecule has 3 heterocycles. The van der Waals surface area contributed by atoms with Crippen LogP contribution in [0.3, 0.4) is 0 Å². The maximum Gasteiger partial charge on any atom is 0.235 e. The normalized spacial score (nSPS) is 12.1. The van der Waals surface area contributed by atoms with Gasteiger partial charge in [-0.1, -0.05) is 146 Å². The van der Waals surface area contributed by atoms with Crippen LogP contribution in [0, 0.1) is 0 Å². The van der Waals surface area contributed by atoms with Crippen molar-refractivity contribution in [1.82, 2.24) is 14.5 Å². The van der Waals surface area contributed by atoms with Crippen LogP contribution in [-0.2, 0) is 0 Å². The lowest BCUT2D eigenvalue weighted by Crippen LogP contribution is -2.03. The summed E-state index contributed by atoms with van der Waals surface area (Å²) in [7, 11) is 0. The minimum Gasteiger partial charge on any atom is -0.278 e. The summed E-state index contributed by atoms with van der Waals surface area (Å²) in [4.78, 5) is 10.7. The van der Waals surface area contributed by atoms with E-state index in [0.29, 0.717) is 5.95 Å². The van der Waals surface area contributed by atoms with Crippen molar-refractivity contribution in [2.24, 2.45) is 0 Å². The molecule has 0 amide bonds. The highest BCUT2D eigenvalue weighted by Crippen LogP contribution is 2.44. The zero-order valence-corrected chi connectivity index (χ0v) is 29.8. The van der Waals surface area contributed by atoms with E-state index in [2.05, 4.69) is 180 Å². The molecule has 0 N–H and O–H groups in total. The lowest BCUT2D eigenvalue weighted by Gasteiger charge is -2.14. The van der Waals surface area contributed by atoms with Crippen molar-refractivity contribution < 1.29 is 0 Å². The summed E-state index contributed by atoms with van der Waals surface area (Å²) in [5.74, 6) is 0.666. The van der Waals surface area contributed by atoms with Crippen LogP contribution >= 0.6 is 11.3 Å². The Bertz CT molecular complexity index is 3510. The lowest BCUT2D eigenvalue weighted by atomic mass is 9.91. The van der Waals surface area contributed by atoms with Gasteiger partial charge in [0, 0.05) is 41.9 Å². The highest BCUT2D eigenvalue weighted by Gasteiger charge is 2.21. The Morgan fingerprint density at radius 2 is 0.963 bits per heavy atom. The number of fused-ring (bicyclic) bond motifs is 12. The van der Waals surface area contributed by atoms with E-state index < -0.39 is 0 Å². The predicted octanol–water partition coefficient (Wildman–Crippen LogP) is 13.9. The van der Waals surface area contributed by atoms with E-state index in [1.165, 1.54) is 74.4 Å². The Kier molecular flexibility index (Phi) is 6.21. The van der Waals surface area contributed by atoms with Gasteiger partial charge in [-0.3, -0.25) is 4.57 Å². The summed E-state index contributed by atoms with van der Waals surface area (Å²) in [5.41, 5.74) is 7.61. The molecule has 250 valence electrons. The molecule has 3 nitrogen and oxygen atoms in total. The third-order valence-corrected chi connectivity index (χ3v) is 12.4. The fourth-order valence-corrected chi connectivity index (χ4v) is 10.0. The Morgan fingerprint density at radius 3 is 1.81 bits per heavy atom. The average molecular weight is 704 g/mol. The van der Waals surface area contributed by atoms with Crippen LogP contribution in [0.15, 0.2) is 176 Å². The average Bonchev–Trinajstić information content (AvgIpc) is 3.79. The van der Waals surface area contributed by atoms with E-state index in [-0.39, 0.29) is 0 Å². The first kappa shape index (κ1) is 29.7. The van der Waals surface area contributed by atoms with E-state index in [1.54, 1.807) is 0 Å². The van der Waals surface area contributed by atoms with E-state index >= 15 is 0 Å². The van der Waals surface area contributed by atoms with Gasteiger partial charge < -0.3 is 0 Å². The smallest absolute Gasteiger partial charge is 0.235 e. The molecule has 3 aromatic heterocycles. The molecule has 0 aliphatic rings. The molecular weight excluding hydrogens is 675 g/mol. The molecule has 4 heteroatoms. The molecule has 0 bridgehead atoms. The number of aromatic nitrogens is 3. The minimum absolute atomic E-state index is 0.666. The molecule has 0 spiro atoms. The number of para-hydroxylation sites is 2. The maximum absolute atomic E-state index is 5.44. The summed E-state index contributed by atoms with van der Waals surface area (Å²) in [5, 5.41) is 13.5. The van der Waals surface area contributed by atoms with Crippen molar-refractivity contribution in [2.45, 2.75) is 0 Å². The first-order valence-electron chi connectivity index (χ1n) is 18.3. The van der Waals surface area contributed by atoms with Crippen molar-refractivity contribution in [1.29, 1.82) is 0 Å². The zero-order chi connectivity index (χ0) is 35.3. The van der Waals surface area contributed by atoms with Gasteiger partial charge in [-0.2, -0.15) is 0 Å². The zero-order valence-electron chi connectivity index (χ0n) is 29.0. The molecule has 0 atom stereocenters. The Hall–Kier alpha value is -6.88. The van der Waals surface area contributed by atoms with Crippen LogP contribution in [0.1, 0.15) is 0 Å². The van der Waals surface area contributed by atoms with Crippen molar-refractivity contribution in [3.8, 4) is 28.3 Å². The molecule has 0 fully saturated rings. The first-order chi connectivity index (χ1) is 26.8. The number of nitrogens with zero attached hydrogens (tertiary/aromatic N) is 3. The number of hydrogen-bond donors (Lipinski definition) is 0. The van der Waals surface area contributed by atoms with Gasteiger partial charge in [-0.15, -0.1) is 11.3 Å². The second-order valence-corrected chi connectivity index (χ2v) is 15.2. The number of rotatable bonds is 3. The van der Waals surface area contributed by atoms with E-state index in [9.17, 15) is 0 Å². The second kappa shape index (κ2) is 11.3. The molecule has 9 aromatic carbocycles. The second-order valence-electron chi connectivity index (χ2n) is 14.1. The maximum atomic E-state index is 5.44. The van der Waals surface area contributed by atoms with Crippen LogP contribution < -0.4 is 0 Å². The van der Waals surface area contributed by atoms with Crippen LogP contribution in [0.25, 0.3) is 114 Å². The molecule has 54 heavy (non-hydrogen) atoms. The molecule has 0 saturated heterocycles. The van der Waals surface area contributed by atoms with Crippen molar-refractivity contribution in [3.63, 3.8) is 0 Å². The van der Waals surface area contributed by atoms with Gasteiger partial charge in [0.1, 0.15) is 0 Å². The highest BCUT2D eigenvalue weighted by atomic mass is 32.1. The van der Waals surface area contributed by atoms with Crippen LogP contribution in [0.4, 0.5) is 0 Å². The Balaban J connectivity index is 1.13. The van der Waals surface area contributed by atoms with Gasteiger partial charge in [0.25, 0.3) is 0 Å². The van der Waals surface area contributed by atoms with Crippen molar-refractivity contribution >= 4 is 96.5 Å². The standard InChI is InChI=1S/C50H29N3S/c1-2-14-31-30(12-1)13-9-22-38(31)49-39-15-3-6-23-42(39)51-50(52-49)53-43-24-7-4-16-40(43)47-36-20-10-18-32(34(36)26-28-44(47)53)33-19-11-21-37-35(33)27-29-46-48(37)41-17-5-8-25-45(41)54-46/h1-29H. The summed E-state index contributed by atoms with van der Waals surface area (Å²) in [6, 6.07) is 63.6. The van der Waals surface area contributed by atoms with Gasteiger partial charge in [0.15, 0.2) is 0 Å².